The summed E-state index contributed by atoms with van der Waals surface area (Å²) < 4.78 is 1.95. The van der Waals surface area contributed by atoms with E-state index in [4.69, 9.17) is 0 Å². The highest BCUT2D eigenvalue weighted by Crippen LogP contribution is 2.14. The Bertz CT molecular complexity index is 1010. The first-order valence-corrected chi connectivity index (χ1v) is 7.45. The Morgan fingerprint density at radius 3 is 2.91 bits per heavy atom. The van der Waals surface area contributed by atoms with Gasteiger partial charge in [-0.25, -0.2) is 4.98 Å². The van der Waals surface area contributed by atoms with Crippen LogP contribution in [-0.2, 0) is 11.3 Å². The Morgan fingerprint density at radius 1 is 1.30 bits per heavy atom. The smallest absolute Gasteiger partial charge is 0.261 e. The van der Waals surface area contributed by atoms with Crippen LogP contribution in [0.4, 0.5) is 5.69 Å². The van der Waals surface area contributed by atoms with Crippen molar-refractivity contribution in [1.29, 1.82) is 0 Å². The molecule has 1 amide bonds. The van der Waals surface area contributed by atoms with E-state index in [2.05, 4.69) is 31.2 Å². The molecule has 3 rings (SSSR count). The van der Waals surface area contributed by atoms with Crippen LogP contribution in [0.1, 0.15) is 0 Å². The number of carbonyl (C=O) groups is 1. The van der Waals surface area contributed by atoms with E-state index in [1.165, 1.54) is 29.4 Å². The number of fused-ring (bicyclic) bond motifs is 1. The van der Waals surface area contributed by atoms with E-state index in [1.807, 2.05) is 0 Å². The van der Waals surface area contributed by atoms with Crippen molar-refractivity contribution < 1.29 is 4.79 Å². The highest BCUT2D eigenvalue weighted by molar-refractivity contribution is 9.10. The minimum absolute atomic E-state index is 0.127. The third-order valence-electron chi connectivity index (χ3n) is 3.20. The number of aromatic amines is 1. The number of halogens is 1. The van der Waals surface area contributed by atoms with Crippen LogP contribution in [0.2, 0.25) is 0 Å². The molecule has 2 N–H and O–H groups in total. The van der Waals surface area contributed by atoms with Crippen LogP contribution < -0.4 is 16.3 Å². The van der Waals surface area contributed by atoms with Crippen molar-refractivity contribution in [3.8, 4) is 0 Å². The molecule has 0 saturated carbocycles. The molecular formula is C15H11BrN4O3. The summed E-state index contributed by atoms with van der Waals surface area (Å²) in [6.45, 7) is -0.234. The van der Waals surface area contributed by atoms with Gasteiger partial charge in [0.05, 0.1) is 17.2 Å². The van der Waals surface area contributed by atoms with E-state index in [0.717, 1.165) is 4.47 Å². The van der Waals surface area contributed by atoms with Crippen molar-refractivity contribution >= 4 is 38.4 Å². The fourth-order valence-corrected chi connectivity index (χ4v) is 2.46. The van der Waals surface area contributed by atoms with Gasteiger partial charge in [0.2, 0.25) is 11.3 Å². The van der Waals surface area contributed by atoms with Crippen LogP contribution in [0.25, 0.3) is 10.9 Å². The van der Waals surface area contributed by atoms with Crippen LogP contribution in [-0.4, -0.2) is 20.4 Å². The summed E-state index contributed by atoms with van der Waals surface area (Å²) >= 11 is 3.30. The molecule has 0 aliphatic rings. The fraction of sp³-hybridized carbons (Fsp3) is 0.0667. The predicted octanol–water partition coefficient (Wildman–Crippen LogP) is 1.49. The average Bonchev–Trinajstić information content (AvgIpc) is 2.53. The van der Waals surface area contributed by atoms with E-state index >= 15 is 0 Å². The monoisotopic (exact) mass is 374 g/mol. The first kappa shape index (κ1) is 15.2. The average molecular weight is 375 g/mol. The van der Waals surface area contributed by atoms with Gasteiger partial charge in [0.15, 0.2) is 0 Å². The molecule has 7 nitrogen and oxygen atoms in total. The zero-order valence-electron chi connectivity index (χ0n) is 11.7. The summed E-state index contributed by atoms with van der Waals surface area (Å²) in [6.07, 6.45) is 4.17. The van der Waals surface area contributed by atoms with Gasteiger partial charge >= 0.3 is 0 Å². The van der Waals surface area contributed by atoms with Crippen LogP contribution in [0.3, 0.4) is 0 Å². The second-order valence-electron chi connectivity index (χ2n) is 4.81. The molecule has 0 bridgehead atoms. The van der Waals surface area contributed by atoms with Crippen molar-refractivity contribution in [2.24, 2.45) is 0 Å². The minimum atomic E-state index is -0.486. The highest BCUT2D eigenvalue weighted by atomic mass is 79.9. The molecule has 0 radical (unpaired) electrons. The first-order chi connectivity index (χ1) is 11.0. The highest BCUT2D eigenvalue weighted by Gasteiger charge is 2.10. The number of pyridine rings is 1. The molecule has 0 aliphatic carbocycles. The van der Waals surface area contributed by atoms with Crippen molar-refractivity contribution in [3.05, 3.63) is 68.0 Å². The largest absolute Gasteiger partial charge is 0.366 e. The number of hydrogen-bond acceptors (Lipinski definition) is 4. The summed E-state index contributed by atoms with van der Waals surface area (Å²) in [6, 6.07) is 6.46. The van der Waals surface area contributed by atoms with Gasteiger partial charge in [-0.15, -0.1) is 0 Å². The molecule has 8 heteroatoms. The quantitative estimate of drug-likeness (QED) is 0.725. The molecule has 1 aromatic carbocycles. The molecule has 0 spiro atoms. The number of nitrogens with one attached hydrogen (secondary N) is 2. The Balaban J connectivity index is 1.88. The molecule has 3 aromatic rings. The van der Waals surface area contributed by atoms with Gasteiger partial charge < -0.3 is 10.3 Å². The summed E-state index contributed by atoms with van der Waals surface area (Å²) in [5.74, 6) is -0.486. The molecule has 0 saturated heterocycles. The van der Waals surface area contributed by atoms with E-state index < -0.39 is 5.91 Å². The van der Waals surface area contributed by atoms with Gasteiger partial charge in [-0.3, -0.25) is 19.0 Å². The van der Waals surface area contributed by atoms with E-state index in [9.17, 15) is 14.4 Å². The summed E-state index contributed by atoms with van der Waals surface area (Å²) in [4.78, 5) is 42.9. The summed E-state index contributed by atoms with van der Waals surface area (Å²) in [7, 11) is 0. The normalized spacial score (nSPS) is 10.7. The summed E-state index contributed by atoms with van der Waals surface area (Å²) in [5.41, 5.74) is 0.0369. The number of hydrogen-bond donors (Lipinski definition) is 2. The second-order valence-corrected chi connectivity index (χ2v) is 5.73. The van der Waals surface area contributed by atoms with Crippen LogP contribution >= 0.6 is 15.9 Å². The molecule has 2 heterocycles. The zero-order valence-corrected chi connectivity index (χ0v) is 13.3. The van der Waals surface area contributed by atoms with Gasteiger partial charge in [-0.1, -0.05) is 15.9 Å². The molecular weight excluding hydrogens is 364 g/mol. The molecule has 0 fully saturated rings. The maximum absolute atomic E-state index is 12.4. The molecule has 2 aromatic heterocycles. The maximum atomic E-state index is 12.4. The standard InChI is InChI=1S/C15H11BrN4O3/c16-9-1-2-11-10(5-9)15(23)20(8-18-11)7-14(22)19-12-6-17-4-3-13(12)21/h1-6,8H,7H2,(H,17,21)(H,19,22). The van der Waals surface area contributed by atoms with Gasteiger partial charge in [-0.05, 0) is 18.2 Å². The number of amides is 1. The Hall–Kier alpha value is -2.74. The van der Waals surface area contributed by atoms with E-state index in [0.29, 0.717) is 10.9 Å². The number of aromatic nitrogens is 3. The Morgan fingerprint density at radius 2 is 2.13 bits per heavy atom. The molecule has 0 unspecified atom stereocenters. The minimum Gasteiger partial charge on any atom is -0.366 e. The van der Waals surface area contributed by atoms with Crippen molar-refractivity contribution in [1.82, 2.24) is 14.5 Å². The number of H-pyrrole nitrogens is 1. The van der Waals surface area contributed by atoms with E-state index in [-0.39, 0.29) is 23.2 Å². The van der Waals surface area contributed by atoms with Gasteiger partial charge in [-0.2, -0.15) is 0 Å². The number of carbonyl (C=O) groups excluding carboxylic acids is 1. The van der Waals surface area contributed by atoms with Crippen molar-refractivity contribution in [2.75, 3.05) is 5.32 Å². The lowest BCUT2D eigenvalue weighted by atomic mass is 10.2. The zero-order chi connectivity index (χ0) is 16.4. The Labute approximate surface area is 138 Å². The first-order valence-electron chi connectivity index (χ1n) is 6.66. The Kier molecular flexibility index (Phi) is 4.07. The SMILES string of the molecule is O=C(Cn1cnc2ccc(Br)cc2c1=O)Nc1c[nH]ccc1=O. The van der Waals surface area contributed by atoms with Crippen LogP contribution in [0.15, 0.2) is 57.0 Å². The number of benzene rings is 1. The van der Waals surface area contributed by atoms with Crippen molar-refractivity contribution in [3.63, 3.8) is 0 Å². The maximum Gasteiger partial charge on any atom is 0.261 e. The lowest BCUT2D eigenvalue weighted by molar-refractivity contribution is -0.116. The van der Waals surface area contributed by atoms with Crippen molar-refractivity contribution in [2.45, 2.75) is 6.54 Å². The fourth-order valence-electron chi connectivity index (χ4n) is 2.10. The van der Waals surface area contributed by atoms with E-state index in [1.54, 1.807) is 18.2 Å². The molecule has 0 aliphatic heterocycles. The lowest BCUT2D eigenvalue weighted by Gasteiger charge is -2.07. The second kappa shape index (κ2) is 6.17. The van der Waals surface area contributed by atoms with Crippen LogP contribution in [0.5, 0.6) is 0 Å². The van der Waals surface area contributed by atoms with Gasteiger partial charge in [0, 0.05) is 22.9 Å². The number of anilines is 1. The molecule has 0 atom stereocenters. The number of nitrogens with zero attached hydrogens (tertiary/aromatic N) is 2. The summed E-state index contributed by atoms with van der Waals surface area (Å²) in [5, 5.41) is 2.88. The molecule has 116 valence electrons. The molecule has 23 heavy (non-hydrogen) atoms. The topological polar surface area (TPSA) is 96.8 Å². The van der Waals surface area contributed by atoms with Crippen LogP contribution in [0, 0.1) is 0 Å². The lowest BCUT2D eigenvalue weighted by Crippen LogP contribution is -2.29. The third kappa shape index (κ3) is 3.21. The van der Waals surface area contributed by atoms with Gasteiger partial charge in [0.1, 0.15) is 12.2 Å². The number of rotatable bonds is 3. The van der Waals surface area contributed by atoms with Gasteiger partial charge in [0.25, 0.3) is 5.56 Å². The predicted molar refractivity (Wildman–Crippen MR) is 89.4 cm³/mol. The third-order valence-corrected chi connectivity index (χ3v) is 3.69.